The summed E-state index contributed by atoms with van der Waals surface area (Å²) in [7, 11) is 0. The molecular formula is C19H14BrN3O2. The van der Waals surface area contributed by atoms with Gasteiger partial charge < -0.3 is 10.6 Å². The molecule has 0 saturated carbocycles. The Morgan fingerprint density at radius 1 is 0.800 bits per heavy atom. The van der Waals surface area contributed by atoms with Gasteiger partial charge in [0, 0.05) is 27.6 Å². The Morgan fingerprint density at radius 2 is 1.52 bits per heavy atom. The Kier molecular flexibility index (Phi) is 5.20. The van der Waals surface area contributed by atoms with Gasteiger partial charge in [0.05, 0.1) is 0 Å². The van der Waals surface area contributed by atoms with E-state index in [9.17, 15) is 9.59 Å². The fourth-order valence-corrected chi connectivity index (χ4v) is 2.58. The van der Waals surface area contributed by atoms with Crippen LogP contribution in [0.5, 0.6) is 0 Å². The van der Waals surface area contributed by atoms with Crippen LogP contribution in [0.2, 0.25) is 0 Å². The average Bonchev–Trinajstić information content (AvgIpc) is 2.62. The van der Waals surface area contributed by atoms with E-state index in [2.05, 4.69) is 31.5 Å². The van der Waals surface area contributed by atoms with E-state index in [1.165, 1.54) is 12.3 Å². The number of nitrogens with one attached hydrogen (secondary N) is 2. The standard InChI is InChI=1S/C19H14BrN3O2/c20-14-5-4-8-16(12-14)23-19(25)17-11-13(9-10-21-17)18(24)22-15-6-2-1-3-7-15/h1-12H,(H,22,24)(H,23,25). The lowest BCUT2D eigenvalue weighted by molar-refractivity contribution is 0.102. The van der Waals surface area contributed by atoms with Crippen molar-refractivity contribution < 1.29 is 9.59 Å². The van der Waals surface area contributed by atoms with Gasteiger partial charge in [0.2, 0.25) is 0 Å². The summed E-state index contributed by atoms with van der Waals surface area (Å²) in [5.74, 6) is -0.683. The smallest absolute Gasteiger partial charge is 0.274 e. The van der Waals surface area contributed by atoms with Gasteiger partial charge in [-0.05, 0) is 42.5 Å². The van der Waals surface area contributed by atoms with Gasteiger partial charge in [-0.2, -0.15) is 0 Å². The number of carbonyl (C=O) groups is 2. The molecule has 0 radical (unpaired) electrons. The van der Waals surface area contributed by atoms with Crippen molar-refractivity contribution in [3.8, 4) is 0 Å². The van der Waals surface area contributed by atoms with Crippen LogP contribution in [0.4, 0.5) is 11.4 Å². The molecule has 0 fully saturated rings. The normalized spacial score (nSPS) is 10.1. The number of amides is 2. The van der Waals surface area contributed by atoms with Gasteiger partial charge in [-0.25, -0.2) is 0 Å². The van der Waals surface area contributed by atoms with Crippen LogP contribution >= 0.6 is 15.9 Å². The third-order valence-electron chi connectivity index (χ3n) is 3.37. The molecule has 0 unspecified atom stereocenters. The maximum atomic E-state index is 12.3. The largest absolute Gasteiger partial charge is 0.322 e. The molecule has 0 atom stereocenters. The van der Waals surface area contributed by atoms with Crippen molar-refractivity contribution in [3.63, 3.8) is 0 Å². The minimum atomic E-state index is -0.382. The van der Waals surface area contributed by atoms with E-state index in [-0.39, 0.29) is 17.5 Å². The summed E-state index contributed by atoms with van der Waals surface area (Å²) >= 11 is 3.35. The molecule has 0 aliphatic rings. The molecule has 0 saturated heterocycles. The maximum Gasteiger partial charge on any atom is 0.274 e. The lowest BCUT2D eigenvalue weighted by Gasteiger charge is -2.07. The van der Waals surface area contributed by atoms with Crippen LogP contribution in [0.3, 0.4) is 0 Å². The lowest BCUT2D eigenvalue weighted by Crippen LogP contribution is -2.17. The minimum Gasteiger partial charge on any atom is -0.322 e. The first-order valence-electron chi connectivity index (χ1n) is 7.51. The minimum absolute atomic E-state index is 0.167. The second kappa shape index (κ2) is 7.72. The Bertz CT molecular complexity index is 913. The van der Waals surface area contributed by atoms with Crippen LogP contribution in [0.15, 0.2) is 77.4 Å². The highest BCUT2D eigenvalue weighted by Gasteiger charge is 2.12. The summed E-state index contributed by atoms with van der Waals surface area (Å²) in [6.07, 6.45) is 1.44. The summed E-state index contributed by atoms with van der Waals surface area (Å²) in [6, 6.07) is 19.4. The van der Waals surface area contributed by atoms with Gasteiger partial charge >= 0.3 is 0 Å². The number of carbonyl (C=O) groups excluding carboxylic acids is 2. The Balaban J connectivity index is 1.74. The SMILES string of the molecule is O=C(Nc1ccccc1)c1ccnc(C(=O)Nc2cccc(Br)c2)c1. The Hall–Kier alpha value is -2.99. The average molecular weight is 396 g/mol. The molecule has 5 nitrogen and oxygen atoms in total. The van der Waals surface area contributed by atoms with Crippen LogP contribution in [-0.2, 0) is 0 Å². The quantitative estimate of drug-likeness (QED) is 0.689. The maximum absolute atomic E-state index is 12.3. The molecule has 2 aromatic carbocycles. The number of halogens is 1. The van der Waals surface area contributed by atoms with Crippen LogP contribution in [0, 0.1) is 0 Å². The molecule has 124 valence electrons. The van der Waals surface area contributed by atoms with E-state index in [4.69, 9.17) is 0 Å². The van der Waals surface area contributed by atoms with Crippen LogP contribution in [0.25, 0.3) is 0 Å². The van der Waals surface area contributed by atoms with Crippen LogP contribution in [0.1, 0.15) is 20.8 Å². The van der Waals surface area contributed by atoms with Gasteiger partial charge in [0.25, 0.3) is 11.8 Å². The number of anilines is 2. The van der Waals surface area contributed by atoms with E-state index in [0.29, 0.717) is 16.9 Å². The first-order chi connectivity index (χ1) is 12.1. The zero-order valence-corrected chi connectivity index (χ0v) is 14.7. The van der Waals surface area contributed by atoms with Gasteiger partial charge in [-0.15, -0.1) is 0 Å². The van der Waals surface area contributed by atoms with Crippen LogP contribution < -0.4 is 10.6 Å². The van der Waals surface area contributed by atoms with E-state index in [0.717, 1.165) is 4.47 Å². The van der Waals surface area contributed by atoms with Gasteiger partial charge in [0.1, 0.15) is 5.69 Å². The first kappa shape index (κ1) is 16.9. The molecule has 0 aliphatic carbocycles. The molecule has 1 heterocycles. The number of rotatable bonds is 4. The molecule has 0 aliphatic heterocycles. The first-order valence-corrected chi connectivity index (χ1v) is 8.30. The topological polar surface area (TPSA) is 71.1 Å². The van der Waals surface area contributed by atoms with Crippen molar-refractivity contribution in [1.29, 1.82) is 0 Å². The predicted molar refractivity (Wildman–Crippen MR) is 101 cm³/mol. The molecule has 0 bridgehead atoms. The molecule has 2 N–H and O–H groups in total. The number of pyridine rings is 1. The number of aromatic nitrogens is 1. The van der Waals surface area contributed by atoms with E-state index < -0.39 is 0 Å². The van der Waals surface area contributed by atoms with Crippen molar-refractivity contribution >= 4 is 39.1 Å². The predicted octanol–water partition coefficient (Wildman–Crippen LogP) is 4.35. The highest BCUT2D eigenvalue weighted by molar-refractivity contribution is 9.10. The summed E-state index contributed by atoms with van der Waals surface area (Å²) in [5, 5.41) is 5.53. The number of benzene rings is 2. The number of hydrogen-bond donors (Lipinski definition) is 2. The molecule has 3 rings (SSSR count). The molecular weight excluding hydrogens is 382 g/mol. The van der Waals surface area contributed by atoms with Crippen molar-refractivity contribution in [1.82, 2.24) is 4.98 Å². The fourth-order valence-electron chi connectivity index (χ4n) is 2.18. The summed E-state index contributed by atoms with van der Waals surface area (Å²) in [6.45, 7) is 0. The lowest BCUT2D eigenvalue weighted by atomic mass is 10.2. The second-order valence-electron chi connectivity index (χ2n) is 5.21. The summed E-state index contributed by atoms with van der Waals surface area (Å²) in [4.78, 5) is 28.7. The highest BCUT2D eigenvalue weighted by Crippen LogP contribution is 2.16. The summed E-state index contributed by atoms with van der Waals surface area (Å²) in [5.41, 5.74) is 1.85. The zero-order valence-electron chi connectivity index (χ0n) is 13.1. The van der Waals surface area contributed by atoms with Gasteiger partial charge in [-0.1, -0.05) is 40.2 Å². The molecule has 3 aromatic rings. The number of hydrogen-bond acceptors (Lipinski definition) is 3. The fraction of sp³-hybridized carbons (Fsp3) is 0. The highest BCUT2D eigenvalue weighted by atomic mass is 79.9. The van der Waals surface area contributed by atoms with E-state index in [1.807, 2.05) is 30.3 Å². The molecule has 2 amide bonds. The number of para-hydroxylation sites is 1. The van der Waals surface area contributed by atoms with Crippen molar-refractivity contribution in [3.05, 3.63) is 88.7 Å². The number of nitrogens with zero attached hydrogens (tertiary/aromatic N) is 1. The van der Waals surface area contributed by atoms with Crippen molar-refractivity contribution in [2.75, 3.05) is 10.6 Å². The molecule has 25 heavy (non-hydrogen) atoms. The summed E-state index contributed by atoms with van der Waals surface area (Å²) < 4.78 is 0.856. The van der Waals surface area contributed by atoms with E-state index in [1.54, 1.807) is 30.3 Å². The Labute approximate surface area is 153 Å². The Morgan fingerprint density at radius 3 is 2.28 bits per heavy atom. The monoisotopic (exact) mass is 395 g/mol. The third-order valence-corrected chi connectivity index (χ3v) is 3.86. The van der Waals surface area contributed by atoms with Crippen molar-refractivity contribution in [2.24, 2.45) is 0 Å². The van der Waals surface area contributed by atoms with Gasteiger partial charge in [0.15, 0.2) is 0 Å². The second-order valence-corrected chi connectivity index (χ2v) is 6.13. The van der Waals surface area contributed by atoms with E-state index >= 15 is 0 Å². The van der Waals surface area contributed by atoms with Crippen LogP contribution in [-0.4, -0.2) is 16.8 Å². The third kappa shape index (κ3) is 4.51. The van der Waals surface area contributed by atoms with Gasteiger partial charge in [-0.3, -0.25) is 14.6 Å². The van der Waals surface area contributed by atoms with Crippen molar-refractivity contribution in [2.45, 2.75) is 0 Å². The molecule has 0 spiro atoms. The molecule has 6 heteroatoms. The molecule has 1 aromatic heterocycles. The zero-order chi connectivity index (χ0) is 17.6.